The fourth-order valence-electron chi connectivity index (χ4n) is 0.714. The zero-order chi connectivity index (χ0) is 5.82. The molecule has 0 radical (unpaired) electrons. The Hall–Kier alpha value is -0.157. The first-order chi connectivity index (χ1) is 3.93. The van der Waals surface area contributed by atoms with Crippen LogP contribution in [0.4, 0.5) is 0 Å². The van der Waals surface area contributed by atoms with E-state index in [-0.39, 0.29) is 19.5 Å². The summed E-state index contributed by atoms with van der Waals surface area (Å²) in [6.07, 6.45) is 1.14. The summed E-state index contributed by atoms with van der Waals surface area (Å²) >= 11 is 0. The minimum atomic E-state index is 0. The fourth-order valence-corrected chi connectivity index (χ4v) is 0.714. The van der Waals surface area contributed by atoms with Crippen molar-refractivity contribution >= 4 is 0 Å². The Morgan fingerprint density at radius 3 is 2.00 bits per heavy atom. The molecule has 0 fully saturated rings. The van der Waals surface area contributed by atoms with Crippen LogP contribution in [0.15, 0.2) is 30.3 Å². The summed E-state index contributed by atoms with van der Waals surface area (Å²) in [5.41, 5.74) is 1.41. The van der Waals surface area contributed by atoms with E-state index in [4.69, 9.17) is 0 Å². The summed E-state index contributed by atoms with van der Waals surface area (Å²) in [6, 6.07) is 10.5. The Morgan fingerprint density at radius 2 is 1.67 bits per heavy atom. The number of rotatable bonds is 1. The van der Waals surface area contributed by atoms with Crippen LogP contribution in [0, 0.1) is 0 Å². The molecule has 0 atom stereocenters. The molecular formula is C8H10Zn. The zero-order valence-corrected chi connectivity index (χ0v) is 8.77. The van der Waals surface area contributed by atoms with Crippen LogP contribution in [-0.4, -0.2) is 0 Å². The van der Waals surface area contributed by atoms with E-state index >= 15 is 0 Å². The molecule has 0 bridgehead atoms. The topological polar surface area (TPSA) is 0 Å². The predicted molar refractivity (Wildman–Crippen MR) is 35.8 cm³/mol. The number of aryl methyl sites for hydroxylation is 1. The average molecular weight is 172 g/mol. The molecule has 0 saturated carbocycles. The second-order valence-electron chi connectivity index (χ2n) is 1.84. The van der Waals surface area contributed by atoms with E-state index in [1.807, 2.05) is 6.07 Å². The molecule has 0 unspecified atom stereocenters. The summed E-state index contributed by atoms with van der Waals surface area (Å²) in [5, 5.41) is 0. The smallest absolute Gasteiger partial charge is 0 e. The molecule has 0 saturated heterocycles. The van der Waals surface area contributed by atoms with E-state index in [9.17, 15) is 0 Å². The van der Waals surface area contributed by atoms with Gasteiger partial charge in [0.15, 0.2) is 0 Å². The summed E-state index contributed by atoms with van der Waals surface area (Å²) in [6.45, 7) is 2.16. The number of hydrogen-bond acceptors (Lipinski definition) is 0. The van der Waals surface area contributed by atoms with Gasteiger partial charge in [0, 0.05) is 19.5 Å². The van der Waals surface area contributed by atoms with E-state index < -0.39 is 0 Å². The molecule has 0 heterocycles. The van der Waals surface area contributed by atoms with Crippen LogP contribution in [0.2, 0.25) is 0 Å². The molecular weight excluding hydrogens is 161 g/mol. The van der Waals surface area contributed by atoms with Crippen molar-refractivity contribution in [2.45, 2.75) is 13.3 Å². The summed E-state index contributed by atoms with van der Waals surface area (Å²) < 4.78 is 0. The van der Waals surface area contributed by atoms with Crippen molar-refractivity contribution in [1.29, 1.82) is 0 Å². The molecule has 1 heteroatoms. The van der Waals surface area contributed by atoms with Crippen LogP contribution in [0.5, 0.6) is 0 Å². The van der Waals surface area contributed by atoms with E-state index in [0.717, 1.165) is 6.42 Å². The predicted octanol–water partition coefficient (Wildman–Crippen LogP) is 2.25. The Kier molecular flexibility index (Phi) is 4.62. The largest absolute Gasteiger partial charge is 0.0622 e. The van der Waals surface area contributed by atoms with Gasteiger partial charge in [0.25, 0.3) is 0 Å². The third-order valence-corrected chi connectivity index (χ3v) is 1.25. The van der Waals surface area contributed by atoms with Gasteiger partial charge in [-0.25, -0.2) is 0 Å². The minimum absolute atomic E-state index is 0. The molecule has 9 heavy (non-hydrogen) atoms. The Labute approximate surface area is 69.0 Å². The molecule has 44 valence electrons. The van der Waals surface area contributed by atoms with Crippen molar-refractivity contribution in [1.82, 2.24) is 0 Å². The van der Waals surface area contributed by atoms with Crippen molar-refractivity contribution in [3.63, 3.8) is 0 Å². The minimum Gasteiger partial charge on any atom is -0.0622 e. The van der Waals surface area contributed by atoms with Gasteiger partial charge >= 0.3 is 0 Å². The van der Waals surface area contributed by atoms with Crippen LogP contribution in [0.25, 0.3) is 0 Å². The maximum Gasteiger partial charge on any atom is 0 e. The van der Waals surface area contributed by atoms with Crippen molar-refractivity contribution < 1.29 is 19.5 Å². The third-order valence-electron chi connectivity index (χ3n) is 1.25. The van der Waals surface area contributed by atoms with Crippen LogP contribution in [-0.2, 0) is 25.9 Å². The van der Waals surface area contributed by atoms with Gasteiger partial charge in [0.2, 0.25) is 0 Å². The number of hydrogen-bond donors (Lipinski definition) is 0. The van der Waals surface area contributed by atoms with Gasteiger partial charge in [0.05, 0.1) is 0 Å². The molecule has 0 aliphatic carbocycles. The standard InChI is InChI=1S/C8H10.Zn/c1-2-8-6-4-3-5-7-8;/h3-7H,2H2,1H3;. The summed E-state index contributed by atoms with van der Waals surface area (Å²) in [4.78, 5) is 0. The molecule has 0 aromatic heterocycles. The molecule has 0 aliphatic rings. The second kappa shape index (κ2) is 4.70. The molecule has 0 aliphatic heterocycles. The van der Waals surface area contributed by atoms with Crippen molar-refractivity contribution in [2.24, 2.45) is 0 Å². The van der Waals surface area contributed by atoms with Gasteiger partial charge in [-0.2, -0.15) is 0 Å². The normalized spacial score (nSPS) is 8.11. The molecule has 0 nitrogen and oxygen atoms in total. The molecule has 1 aromatic rings. The Bertz CT molecular complexity index is 146. The van der Waals surface area contributed by atoms with Gasteiger partial charge in [0.1, 0.15) is 0 Å². The second-order valence-corrected chi connectivity index (χ2v) is 1.84. The third kappa shape index (κ3) is 2.76. The van der Waals surface area contributed by atoms with E-state index in [2.05, 4.69) is 31.2 Å². The maximum atomic E-state index is 2.16. The van der Waals surface area contributed by atoms with Gasteiger partial charge in [-0.05, 0) is 12.0 Å². The van der Waals surface area contributed by atoms with Crippen molar-refractivity contribution in [2.75, 3.05) is 0 Å². The molecule has 0 spiro atoms. The molecule has 1 rings (SSSR count). The first-order valence-electron chi connectivity index (χ1n) is 2.97. The molecule has 0 amide bonds. The number of benzene rings is 1. The average Bonchev–Trinajstić information content (AvgIpc) is 1.90. The van der Waals surface area contributed by atoms with Crippen LogP contribution >= 0.6 is 0 Å². The van der Waals surface area contributed by atoms with Gasteiger partial charge < -0.3 is 0 Å². The van der Waals surface area contributed by atoms with E-state index in [1.54, 1.807) is 0 Å². The van der Waals surface area contributed by atoms with Gasteiger partial charge in [-0.3, -0.25) is 0 Å². The first kappa shape index (κ1) is 8.84. The molecule has 1 aromatic carbocycles. The van der Waals surface area contributed by atoms with Crippen molar-refractivity contribution in [3.05, 3.63) is 35.9 Å². The Morgan fingerprint density at radius 1 is 1.11 bits per heavy atom. The first-order valence-corrected chi connectivity index (χ1v) is 2.97. The summed E-state index contributed by atoms with van der Waals surface area (Å²) in [7, 11) is 0. The molecule has 0 N–H and O–H groups in total. The quantitative estimate of drug-likeness (QED) is 0.569. The van der Waals surface area contributed by atoms with Crippen LogP contribution < -0.4 is 0 Å². The fraction of sp³-hybridized carbons (Fsp3) is 0.250. The Balaban J connectivity index is 0.000000640. The van der Waals surface area contributed by atoms with E-state index in [1.165, 1.54) is 5.56 Å². The zero-order valence-electron chi connectivity index (χ0n) is 5.80. The van der Waals surface area contributed by atoms with Crippen LogP contribution in [0.1, 0.15) is 12.5 Å². The van der Waals surface area contributed by atoms with Gasteiger partial charge in [-0.1, -0.05) is 37.3 Å². The van der Waals surface area contributed by atoms with Crippen molar-refractivity contribution in [3.8, 4) is 0 Å². The monoisotopic (exact) mass is 170 g/mol. The maximum absolute atomic E-state index is 2.16. The SMILES string of the molecule is CCc1ccccc1.[Zn]. The van der Waals surface area contributed by atoms with E-state index in [0.29, 0.717) is 0 Å². The summed E-state index contributed by atoms with van der Waals surface area (Å²) in [5.74, 6) is 0. The van der Waals surface area contributed by atoms with Crippen LogP contribution in [0.3, 0.4) is 0 Å². The van der Waals surface area contributed by atoms with Gasteiger partial charge in [-0.15, -0.1) is 0 Å².